The van der Waals surface area contributed by atoms with Crippen molar-refractivity contribution in [2.24, 2.45) is 5.92 Å². The molecule has 2 aromatic heterocycles. The summed E-state index contributed by atoms with van der Waals surface area (Å²) in [4.78, 5) is 34.0. The van der Waals surface area contributed by atoms with Gasteiger partial charge in [0.2, 0.25) is 5.91 Å². The van der Waals surface area contributed by atoms with Crippen molar-refractivity contribution in [3.05, 3.63) is 47.7 Å². The van der Waals surface area contributed by atoms with Crippen molar-refractivity contribution in [3.8, 4) is 11.3 Å². The van der Waals surface area contributed by atoms with Crippen LogP contribution in [0, 0.1) is 12.8 Å². The minimum atomic E-state index is -0.0700. The van der Waals surface area contributed by atoms with Crippen LogP contribution in [0.5, 0.6) is 0 Å². The summed E-state index contributed by atoms with van der Waals surface area (Å²) in [6.45, 7) is 4.06. The van der Waals surface area contributed by atoms with Crippen LogP contribution in [0.3, 0.4) is 0 Å². The molecule has 0 unspecified atom stereocenters. The number of piperazine rings is 1. The Morgan fingerprint density at radius 2 is 1.72 bits per heavy atom. The fourth-order valence-corrected chi connectivity index (χ4v) is 3.91. The Bertz CT molecular complexity index is 1080. The first-order valence-electron chi connectivity index (χ1n) is 10.0. The highest BCUT2D eigenvalue weighted by molar-refractivity contribution is 6.07. The zero-order chi connectivity index (χ0) is 20.0. The zero-order valence-corrected chi connectivity index (χ0v) is 16.3. The van der Waals surface area contributed by atoms with E-state index in [9.17, 15) is 9.59 Å². The average Bonchev–Trinajstić information content (AvgIpc) is 3.56. The number of nitrogens with zero attached hydrogens (tertiary/aromatic N) is 4. The lowest BCUT2D eigenvalue weighted by Crippen LogP contribution is -2.51. The molecule has 7 nitrogen and oxygen atoms in total. The highest BCUT2D eigenvalue weighted by atomic mass is 16.5. The second kappa shape index (κ2) is 6.99. The number of amides is 2. The van der Waals surface area contributed by atoms with Gasteiger partial charge in [-0.1, -0.05) is 35.5 Å². The number of pyridine rings is 1. The molecule has 2 amide bonds. The van der Waals surface area contributed by atoms with Gasteiger partial charge in [-0.15, -0.1) is 0 Å². The standard InChI is InChI=1S/C22H22N4O3/c1-14-19-17(13-18(23-20(19)29-24-14)15-5-3-2-4-6-15)22(28)26-11-9-25(10-12-26)21(27)16-7-8-16/h2-6,13,16H,7-12H2,1H3. The molecule has 2 fully saturated rings. The molecule has 3 aromatic rings. The van der Waals surface area contributed by atoms with Gasteiger partial charge in [0.15, 0.2) is 0 Å². The van der Waals surface area contributed by atoms with Crippen LogP contribution < -0.4 is 0 Å². The normalized spacial score (nSPS) is 17.0. The SMILES string of the molecule is Cc1noc2nc(-c3ccccc3)cc(C(=O)N3CCN(C(=O)C4CC4)CC3)c12. The van der Waals surface area contributed by atoms with E-state index < -0.39 is 0 Å². The number of hydrogen-bond acceptors (Lipinski definition) is 5. The number of fused-ring (bicyclic) bond motifs is 1. The Kier molecular flexibility index (Phi) is 4.30. The van der Waals surface area contributed by atoms with Crippen molar-refractivity contribution >= 4 is 22.9 Å². The minimum Gasteiger partial charge on any atom is -0.339 e. The first kappa shape index (κ1) is 17.8. The molecular formula is C22H22N4O3. The third-order valence-corrected chi connectivity index (χ3v) is 5.72. The average molecular weight is 390 g/mol. The van der Waals surface area contributed by atoms with Crippen molar-refractivity contribution < 1.29 is 14.1 Å². The second-order valence-corrected chi connectivity index (χ2v) is 7.76. The first-order valence-corrected chi connectivity index (χ1v) is 10.0. The highest BCUT2D eigenvalue weighted by Gasteiger charge is 2.35. The zero-order valence-electron chi connectivity index (χ0n) is 16.3. The van der Waals surface area contributed by atoms with Gasteiger partial charge < -0.3 is 14.3 Å². The van der Waals surface area contributed by atoms with E-state index in [0.717, 1.165) is 18.4 Å². The molecule has 0 atom stereocenters. The lowest BCUT2D eigenvalue weighted by atomic mass is 10.0. The molecule has 2 aliphatic rings. The van der Waals surface area contributed by atoms with E-state index >= 15 is 0 Å². The molecule has 148 valence electrons. The smallest absolute Gasteiger partial charge is 0.259 e. The molecule has 0 spiro atoms. The first-order chi connectivity index (χ1) is 14.1. The third kappa shape index (κ3) is 3.26. The summed E-state index contributed by atoms with van der Waals surface area (Å²) in [5.74, 6) is 0.384. The van der Waals surface area contributed by atoms with E-state index in [2.05, 4.69) is 10.1 Å². The predicted molar refractivity (Wildman–Crippen MR) is 107 cm³/mol. The van der Waals surface area contributed by atoms with Gasteiger partial charge in [-0.05, 0) is 25.8 Å². The van der Waals surface area contributed by atoms with Crippen LogP contribution in [0.25, 0.3) is 22.4 Å². The summed E-state index contributed by atoms with van der Waals surface area (Å²) in [5.41, 5.74) is 3.17. The maximum atomic E-state index is 13.4. The number of aromatic nitrogens is 2. The number of hydrogen-bond donors (Lipinski definition) is 0. The van der Waals surface area contributed by atoms with Crippen LogP contribution in [0.1, 0.15) is 28.9 Å². The number of carbonyl (C=O) groups excluding carboxylic acids is 2. The maximum Gasteiger partial charge on any atom is 0.259 e. The summed E-state index contributed by atoms with van der Waals surface area (Å²) in [7, 11) is 0. The van der Waals surface area contributed by atoms with E-state index in [0.29, 0.717) is 54.2 Å². The lowest BCUT2D eigenvalue weighted by Gasteiger charge is -2.35. The van der Waals surface area contributed by atoms with Crippen LogP contribution in [0.15, 0.2) is 40.9 Å². The summed E-state index contributed by atoms with van der Waals surface area (Å²) in [6, 6.07) is 11.5. The number of benzene rings is 1. The quantitative estimate of drug-likeness (QED) is 0.687. The second-order valence-electron chi connectivity index (χ2n) is 7.76. The molecule has 29 heavy (non-hydrogen) atoms. The minimum absolute atomic E-state index is 0.0700. The van der Waals surface area contributed by atoms with Gasteiger partial charge in [0.25, 0.3) is 11.6 Å². The molecule has 1 saturated carbocycles. The molecule has 0 radical (unpaired) electrons. The highest BCUT2D eigenvalue weighted by Crippen LogP contribution is 2.32. The van der Waals surface area contributed by atoms with Crippen LogP contribution in [-0.2, 0) is 4.79 Å². The van der Waals surface area contributed by atoms with Crippen molar-refractivity contribution in [2.45, 2.75) is 19.8 Å². The third-order valence-electron chi connectivity index (χ3n) is 5.72. The molecule has 1 aliphatic heterocycles. The van der Waals surface area contributed by atoms with Gasteiger partial charge in [0, 0.05) is 37.7 Å². The monoisotopic (exact) mass is 390 g/mol. The van der Waals surface area contributed by atoms with E-state index in [4.69, 9.17) is 4.52 Å². The van der Waals surface area contributed by atoms with Crippen molar-refractivity contribution in [3.63, 3.8) is 0 Å². The van der Waals surface area contributed by atoms with Gasteiger partial charge in [0.1, 0.15) is 0 Å². The Morgan fingerprint density at radius 1 is 1.03 bits per heavy atom. The van der Waals surface area contributed by atoms with Gasteiger partial charge in [-0.3, -0.25) is 9.59 Å². The Morgan fingerprint density at radius 3 is 2.41 bits per heavy atom. The molecule has 5 rings (SSSR count). The summed E-state index contributed by atoms with van der Waals surface area (Å²) in [5, 5.41) is 4.68. The Hall–Kier alpha value is -3.22. The molecule has 1 aromatic carbocycles. The van der Waals surface area contributed by atoms with E-state index in [1.807, 2.05) is 53.1 Å². The summed E-state index contributed by atoms with van der Waals surface area (Å²) < 4.78 is 5.39. The molecule has 0 bridgehead atoms. The van der Waals surface area contributed by atoms with E-state index in [-0.39, 0.29) is 17.7 Å². The molecule has 3 heterocycles. The predicted octanol–water partition coefficient (Wildman–Crippen LogP) is 2.89. The van der Waals surface area contributed by atoms with Crippen LogP contribution in [-0.4, -0.2) is 57.9 Å². The molecule has 1 aliphatic carbocycles. The summed E-state index contributed by atoms with van der Waals surface area (Å²) in [6.07, 6.45) is 2.00. The molecule has 1 saturated heterocycles. The fourth-order valence-electron chi connectivity index (χ4n) is 3.91. The van der Waals surface area contributed by atoms with Gasteiger partial charge in [0.05, 0.1) is 22.3 Å². The molecular weight excluding hydrogens is 368 g/mol. The maximum absolute atomic E-state index is 13.4. The topological polar surface area (TPSA) is 79.5 Å². The molecule has 0 N–H and O–H groups in total. The van der Waals surface area contributed by atoms with Crippen molar-refractivity contribution in [1.82, 2.24) is 19.9 Å². The van der Waals surface area contributed by atoms with Gasteiger partial charge in [-0.25, -0.2) is 4.98 Å². The van der Waals surface area contributed by atoms with Crippen molar-refractivity contribution in [2.75, 3.05) is 26.2 Å². The van der Waals surface area contributed by atoms with Crippen LogP contribution in [0.4, 0.5) is 0 Å². The number of aryl methyl sites for hydroxylation is 1. The van der Waals surface area contributed by atoms with E-state index in [1.165, 1.54) is 0 Å². The Labute approximate surface area is 168 Å². The Balaban J connectivity index is 1.45. The van der Waals surface area contributed by atoms with Crippen LogP contribution in [0.2, 0.25) is 0 Å². The number of rotatable bonds is 3. The van der Waals surface area contributed by atoms with Crippen LogP contribution >= 0.6 is 0 Å². The van der Waals surface area contributed by atoms with Crippen molar-refractivity contribution in [1.29, 1.82) is 0 Å². The largest absolute Gasteiger partial charge is 0.339 e. The number of carbonyl (C=O) groups is 2. The van der Waals surface area contributed by atoms with Gasteiger partial charge in [-0.2, -0.15) is 0 Å². The van der Waals surface area contributed by atoms with Gasteiger partial charge >= 0.3 is 0 Å². The lowest BCUT2D eigenvalue weighted by molar-refractivity contribution is -0.134. The van der Waals surface area contributed by atoms with E-state index in [1.54, 1.807) is 0 Å². The fraction of sp³-hybridized carbons (Fsp3) is 0.364. The summed E-state index contributed by atoms with van der Waals surface area (Å²) >= 11 is 0. The molecule has 7 heteroatoms.